The summed E-state index contributed by atoms with van der Waals surface area (Å²) in [5.41, 5.74) is 6.44. The van der Waals surface area contributed by atoms with E-state index in [-0.39, 0.29) is 11.8 Å². The fourth-order valence-corrected chi connectivity index (χ4v) is 2.93. The Morgan fingerprint density at radius 2 is 1.86 bits per heavy atom. The van der Waals surface area contributed by atoms with Crippen molar-refractivity contribution in [3.8, 4) is 0 Å². The zero-order valence-corrected chi connectivity index (χ0v) is 12.9. The zero-order chi connectivity index (χ0) is 15.8. The van der Waals surface area contributed by atoms with E-state index in [0.717, 1.165) is 12.8 Å². The Kier molecular flexibility index (Phi) is 6.40. The zero-order valence-electron chi connectivity index (χ0n) is 12.9. The molecule has 1 aromatic rings. The fourth-order valence-electron chi connectivity index (χ4n) is 2.93. The van der Waals surface area contributed by atoms with Crippen LogP contribution in [0, 0.1) is 5.92 Å². The summed E-state index contributed by atoms with van der Waals surface area (Å²) in [6.07, 6.45) is 6.52. The first-order chi connectivity index (χ1) is 10.7. The Bertz CT molecular complexity index is 510. The molecule has 4 N–H and O–H groups in total. The molecule has 0 radical (unpaired) electrons. The number of nitrogens with one attached hydrogen (secondary N) is 2. The van der Waals surface area contributed by atoms with Crippen LogP contribution in [0.25, 0.3) is 0 Å². The second-order valence-corrected chi connectivity index (χ2v) is 5.85. The van der Waals surface area contributed by atoms with Crippen molar-refractivity contribution in [2.24, 2.45) is 11.7 Å². The highest BCUT2D eigenvalue weighted by molar-refractivity contribution is 6.03. The molecule has 5 heteroatoms. The number of hydrogen-bond donors (Lipinski definition) is 3. The molecular weight excluding hydrogens is 278 g/mol. The van der Waals surface area contributed by atoms with E-state index in [0.29, 0.717) is 36.7 Å². The number of benzene rings is 1. The first-order valence-electron chi connectivity index (χ1n) is 8.08. The normalized spacial score (nSPS) is 15.3. The van der Waals surface area contributed by atoms with Gasteiger partial charge in [-0.1, -0.05) is 31.4 Å². The minimum atomic E-state index is -0.209. The molecular formula is C17H25N3O2. The summed E-state index contributed by atoms with van der Waals surface area (Å²) in [6, 6.07) is 7.07. The van der Waals surface area contributed by atoms with Gasteiger partial charge in [0.05, 0.1) is 11.3 Å². The van der Waals surface area contributed by atoms with Gasteiger partial charge in [0.1, 0.15) is 0 Å². The van der Waals surface area contributed by atoms with Crippen molar-refractivity contribution in [2.45, 2.75) is 38.5 Å². The number of amides is 2. The van der Waals surface area contributed by atoms with E-state index in [2.05, 4.69) is 10.6 Å². The maximum absolute atomic E-state index is 12.2. The van der Waals surface area contributed by atoms with Gasteiger partial charge >= 0.3 is 0 Å². The van der Waals surface area contributed by atoms with Gasteiger partial charge in [-0.15, -0.1) is 0 Å². The predicted molar refractivity (Wildman–Crippen MR) is 87.7 cm³/mol. The summed E-state index contributed by atoms with van der Waals surface area (Å²) < 4.78 is 0. The van der Waals surface area contributed by atoms with Gasteiger partial charge in [0.15, 0.2) is 0 Å². The van der Waals surface area contributed by atoms with Crippen LogP contribution in [0.15, 0.2) is 24.3 Å². The number of nitrogens with two attached hydrogens (primary N) is 1. The molecule has 2 amide bonds. The molecule has 1 aliphatic carbocycles. The molecule has 0 bridgehead atoms. The molecule has 1 saturated carbocycles. The van der Waals surface area contributed by atoms with Crippen LogP contribution in [-0.4, -0.2) is 24.9 Å². The van der Waals surface area contributed by atoms with Gasteiger partial charge in [0.25, 0.3) is 5.91 Å². The van der Waals surface area contributed by atoms with E-state index in [4.69, 9.17) is 5.73 Å². The lowest BCUT2D eigenvalue weighted by Gasteiger charge is -2.21. The Hall–Kier alpha value is -1.88. The van der Waals surface area contributed by atoms with E-state index in [1.54, 1.807) is 18.2 Å². The van der Waals surface area contributed by atoms with Crippen LogP contribution in [0.5, 0.6) is 0 Å². The summed E-state index contributed by atoms with van der Waals surface area (Å²) in [6.45, 7) is 0.811. The molecule has 1 aromatic carbocycles. The van der Waals surface area contributed by atoms with Crippen LogP contribution in [0.2, 0.25) is 0 Å². The van der Waals surface area contributed by atoms with Crippen molar-refractivity contribution in [2.75, 3.05) is 18.4 Å². The lowest BCUT2D eigenvalue weighted by molar-refractivity contribution is -0.117. The van der Waals surface area contributed by atoms with Gasteiger partial charge in [-0.3, -0.25) is 9.59 Å². The van der Waals surface area contributed by atoms with E-state index in [9.17, 15) is 9.59 Å². The van der Waals surface area contributed by atoms with Crippen LogP contribution in [0.3, 0.4) is 0 Å². The molecule has 0 saturated heterocycles. The Labute approximate surface area is 131 Å². The summed E-state index contributed by atoms with van der Waals surface area (Å²) in [5, 5.41) is 5.61. The minimum absolute atomic E-state index is 0.00836. The van der Waals surface area contributed by atoms with E-state index in [1.165, 1.54) is 19.3 Å². The van der Waals surface area contributed by atoms with Crippen molar-refractivity contribution in [3.05, 3.63) is 29.8 Å². The van der Waals surface area contributed by atoms with Crippen molar-refractivity contribution in [3.63, 3.8) is 0 Å². The average Bonchev–Trinajstić information content (AvgIpc) is 2.54. The Balaban J connectivity index is 1.96. The van der Waals surface area contributed by atoms with Gasteiger partial charge < -0.3 is 16.4 Å². The van der Waals surface area contributed by atoms with E-state index < -0.39 is 0 Å². The van der Waals surface area contributed by atoms with Gasteiger partial charge in [-0.05, 0) is 30.9 Å². The van der Waals surface area contributed by atoms with Crippen molar-refractivity contribution in [1.82, 2.24) is 5.32 Å². The summed E-state index contributed by atoms with van der Waals surface area (Å²) in [7, 11) is 0. The molecule has 5 nitrogen and oxygen atoms in total. The first-order valence-corrected chi connectivity index (χ1v) is 8.08. The topological polar surface area (TPSA) is 84.2 Å². The number of carbonyl (C=O) groups is 2. The molecule has 120 valence electrons. The lowest BCUT2D eigenvalue weighted by Crippen LogP contribution is -2.30. The number of rotatable bonds is 6. The summed E-state index contributed by atoms with van der Waals surface area (Å²) in [5.74, 6) is 0.261. The van der Waals surface area contributed by atoms with Gasteiger partial charge in [0, 0.05) is 19.5 Å². The van der Waals surface area contributed by atoms with E-state index in [1.807, 2.05) is 6.07 Å². The number of hydrogen-bond acceptors (Lipinski definition) is 3. The monoisotopic (exact) mass is 303 g/mol. The first kappa shape index (κ1) is 16.5. The molecule has 0 unspecified atom stereocenters. The van der Waals surface area contributed by atoms with Gasteiger partial charge in [-0.25, -0.2) is 0 Å². The smallest absolute Gasteiger partial charge is 0.253 e. The number of anilines is 1. The molecule has 0 aliphatic heterocycles. The Morgan fingerprint density at radius 3 is 2.59 bits per heavy atom. The summed E-state index contributed by atoms with van der Waals surface area (Å²) in [4.78, 5) is 24.3. The number of carbonyl (C=O) groups excluding carboxylic acids is 2. The second kappa shape index (κ2) is 8.54. The van der Waals surface area contributed by atoms with Crippen LogP contribution in [0.1, 0.15) is 48.9 Å². The minimum Gasteiger partial charge on any atom is -0.351 e. The SMILES string of the molecule is NCCNC(=O)c1ccccc1NC(=O)CC1CCCCC1. The summed E-state index contributed by atoms with van der Waals surface area (Å²) >= 11 is 0. The third-order valence-corrected chi connectivity index (χ3v) is 4.07. The van der Waals surface area contributed by atoms with Gasteiger partial charge in [-0.2, -0.15) is 0 Å². The molecule has 2 rings (SSSR count). The molecule has 22 heavy (non-hydrogen) atoms. The lowest BCUT2D eigenvalue weighted by atomic mass is 9.87. The largest absolute Gasteiger partial charge is 0.351 e. The van der Waals surface area contributed by atoms with E-state index >= 15 is 0 Å². The Morgan fingerprint density at radius 1 is 1.14 bits per heavy atom. The maximum Gasteiger partial charge on any atom is 0.253 e. The molecule has 0 spiro atoms. The third kappa shape index (κ3) is 4.84. The van der Waals surface area contributed by atoms with Gasteiger partial charge in [0.2, 0.25) is 5.91 Å². The quantitative estimate of drug-likeness (QED) is 0.754. The highest BCUT2D eigenvalue weighted by Crippen LogP contribution is 2.27. The van der Waals surface area contributed by atoms with Crippen LogP contribution in [0.4, 0.5) is 5.69 Å². The molecule has 1 aliphatic rings. The van der Waals surface area contributed by atoms with Crippen LogP contribution < -0.4 is 16.4 Å². The molecule has 1 fully saturated rings. The maximum atomic E-state index is 12.2. The highest BCUT2D eigenvalue weighted by Gasteiger charge is 2.18. The van der Waals surface area contributed by atoms with Crippen LogP contribution >= 0.6 is 0 Å². The van der Waals surface area contributed by atoms with Crippen LogP contribution in [-0.2, 0) is 4.79 Å². The highest BCUT2D eigenvalue weighted by atomic mass is 16.2. The number of para-hydroxylation sites is 1. The molecule has 0 aromatic heterocycles. The molecule has 0 atom stereocenters. The average molecular weight is 303 g/mol. The van der Waals surface area contributed by atoms with Crippen molar-refractivity contribution >= 4 is 17.5 Å². The fraction of sp³-hybridized carbons (Fsp3) is 0.529. The van der Waals surface area contributed by atoms with Crippen molar-refractivity contribution in [1.29, 1.82) is 0 Å². The standard InChI is InChI=1S/C17H25N3O2/c18-10-11-19-17(22)14-8-4-5-9-15(14)20-16(21)12-13-6-2-1-3-7-13/h4-5,8-9,13H,1-3,6-7,10-12,18H2,(H,19,22)(H,20,21). The van der Waals surface area contributed by atoms with Crippen molar-refractivity contribution < 1.29 is 9.59 Å². The second-order valence-electron chi connectivity index (χ2n) is 5.85. The third-order valence-electron chi connectivity index (χ3n) is 4.07. The molecule has 0 heterocycles. The predicted octanol–water partition coefficient (Wildman–Crippen LogP) is 2.28.